The van der Waals surface area contributed by atoms with Crippen LogP contribution in [0, 0.1) is 11.3 Å². The first-order chi connectivity index (χ1) is 17.8. The number of aromatic nitrogens is 2. The third-order valence-electron chi connectivity index (χ3n) is 5.83. The number of fused-ring (bicyclic) bond motifs is 1. The van der Waals surface area contributed by atoms with Crippen LogP contribution in [0.4, 0.5) is 5.82 Å². The molecule has 1 aromatic heterocycles. The number of hydrogen-bond donors (Lipinski definition) is 6. The van der Waals surface area contributed by atoms with Crippen molar-refractivity contribution >= 4 is 43.5 Å². The summed E-state index contributed by atoms with van der Waals surface area (Å²) in [5.41, 5.74) is -0.723. The first-order valence-corrected chi connectivity index (χ1v) is 15.0. The molecule has 13 nitrogen and oxygen atoms in total. The van der Waals surface area contributed by atoms with Gasteiger partial charge in [-0.15, -0.1) is 0 Å². The van der Waals surface area contributed by atoms with Crippen LogP contribution in [0.25, 0.3) is 10.9 Å². The van der Waals surface area contributed by atoms with E-state index in [1.165, 1.54) is 12.1 Å². The number of benzene rings is 2. The summed E-state index contributed by atoms with van der Waals surface area (Å²) in [6.45, 7) is -0.385. The van der Waals surface area contributed by atoms with Crippen molar-refractivity contribution in [3.05, 3.63) is 64.9 Å². The van der Waals surface area contributed by atoms with Gasteiger partial charge in [-0.05, 0) is 29.3 Å². The monoisotopic (exact) mass is 584 g/mol. The second-order valence-electron chi connectivity index (χ2n) is 8.59. The van der Waals surface area contributed by atoms with E-state index in [9.17, 15) is 29.5 Å². The third-order valence-corrected chi connectivity index (χ3v) is 9.45. The second-order valence-corrected chi connectivity index (χ2v) is 12.9. The first-order valence-electron chi connectivity index (χ1n) is 11.1. The highest BCUT2D eigenvalue weighted by Gasteiger charge is 2.56. The molecule has 6 N–H and O–H groups in total. The Morgan fingerprint density at radius 1 is 1.13 bits per heavy atom. The van der Waals surface area contributed by atoms with Crippen LogP contribution in [0.1, 0.15) is 11.1 Å². The zero-order valence-electron chi connectivity index (χ0n) is 19.5. The normalized spacial score (nSPS) is 25.1. The molecule has 0 radical (unpaired) electrons. The Kier molecular flexibility index (Phi) is 8.23. The van der Waals surface area contributed by atoms with E-state index in [-0.39, 0.29) is 10.8 Å². The number of aliphatic hydroxyl groups is 2. The number of nitrogens with one attached hydrogen (secondary N) is 1. The van der Waals surface area contributed by atoms with Gasteiger partial charge in [0.2, 0.25) is 10.9 Å². The lowest BCUT2D eigenvalue weighted by molar-refractivity contribution is -0.0586. The van der Waals surface area contributed by atoms with Crippen molar-refractivity contribution in [2.45, 2.75) is 30.5 Å². The van der Waals surface area contributed by atoms with Gasteiger partial charge >= 0.3 is 15.2 Å². The fraction of sp³-hybridized carbons (Fsp3) is 0.318. The lowest BCUT2D eigenvalue weighted by atomic mass is 9.88. The predicted molar refractivity (Wildman–Crippen MR) is 135 cm³/mol. The van der Waals surface area contributed by atoms with E-state index < -0.39 is 51.6 Å². The van der Waals surface area contributed by atoms with Crippen molar-refractivity contribution in [1.82, 2.24) is 9.97 Å². The quantitative estimate of drug-likeness (QED) is 0.157. The van der Waals surface area contributed by atoms with E-state index in [2.05, 4.69) is 15.3 Å². The molecule has 2 heterocycles. The molecule has 3 aromatic rings. The number of rotatable bonds is 9. The average molecular weight is 585 g/mol. The van der Waals surface area contributed by atoms with Gasteiger partial charge in [0.15, 0.2) is 5.90 Å². The topological polar surface area (TPSA) is 215 Å². The van der Waals surface area contributed by atoms with E-state index >= 15 is 0 Å². The molecule has 1 aliphatic rings. The average Bonchev–Trinajstić information content (AvgIpc) is 3.10. The van der Waals surface area contributed by atoms with Gasteiger partial charge in [0.25, 0.3) is 0 Å². The van der Waals surface area contributed by atoms with E-state index in [0.29, 0.717) is 23.3 Å². The maximum Gasteiger partial charge on any atom is 0.340 e. The summed E-state index contributed by atoms with van der Waals surface area (Å²) in [5, 5.41) is 34.9. The SMILES string of the molecule is N#C[C@@]1(c2ccc3c(NCc4ccccc4)nc(Cl)nc3c2)O[C@H](COP(=O)(O)CP(=O)(O)O)[C@@H](O)[C@H]1O. The summed E-state index contributed by atoms with van der Waals surface area (Å²) >= 11 is 6.12. The van der Waals surface area contributed by atoms with Gasteiger partial charge in [-0.2, -0.15) is 5.26 Å². The Morgan fingerprint density at radius 3 is 2.50 bits per heavy atom. The number of ether oxygens (including phenoxy) is 1. The molecular formula is C22H23ClN4O9P2. The molecule has 38 heavy (non-hydrogen) atoms. The van der Waals surface area contributed by atoms with Gasteiger partial charge in [0, 0.05) is 17.5 Å². The van der Waals surface area contributed by atoms with Crippen molar-refractivity contribution in [2.24, 2.45) is 0 Å². The van der Waals surface area contributed by atoms with Gasteiger partial charge in [-0.25, -0.2) is 9.97 Å². The molecule has 202 valence electrons. The lowest BCUT2D eigenvalue weighted by Crippen LogP contribution is -2.40. The fourth-order valence-electron chi connectivity index (χ4n) is 4.06. The first kappa shape index (κ1) is 28.5. The van der Waals surface area contributed by atoms with Crippen LogP contribution < -0.4 is 5.32 Å². The van der Waals surface area contributed by atoms with Crippen molar-refractivity contribution in [1.29, 1.82) is 5.26 Å². The molecular weight excluding hydrogens is 562 g/mol. The maximum absolute atomic E-state index is 12.0. The second kappa shape index (κ2) is 11.0. The summed E-state index contributed by atoms with van der Waals surface area (Å²) in [7, 11) is -9.65. The van der Waals surface area contributed by atoms with Gasteiger partial charge in [0.1, 0.15) is 30.2 Å². The van der Waals surface area contributed by atoms with E-state index in [1.807, 2.05) is 36.4 Å². The van der Waals surface area contributed by atoms with Crippen LogP contribution in [0.3, 0.4) is 0 Å². The van der Waals surface area contributed by atoms with Crippen molar-refractivity contribution in [2.75, 3.05) is 17.8 Å². The number of hydrogen-bond acceptors (Lipinski definition) is 10. The van der Waals surface area contributed by atoms with Crippen LogP contribution in [-0.4, -0.2) is 65.7 Å². The highest BCUT2D eigenvalue weighted by atomic mass is 35.5. The van der Waals surface area contributed by atoms with Gasteiger partial charge in [-0.3, -0.25) is 9.13 Å². The van der Waals surface area contributed by atoms with Crippen LogP contribution in [0.5, 0.6) is 0 Å². The highest BCUT2D eigenvalue weighted by Crippen LogP contribution is 2.55. The minimum absolute atomic E-state index is 0.0841. The molecule has 1 unspecified atom stereocenters. The molecule has 4 rings (SSSR count). The summed E-state index contributed by atoms with van der Waals surface area (Å²) in [6, 6.07) is 15.9. The molecule has 16 heteroatoms. The molecule has 0 saturated carbocycles. The fourth-order valence-corrected chi connectivity index (χ4v) is 6.81. The summed E-state index contributed by atoms with van der Waals surface area (Å²) in [5.74, 6) is -1.02. The Bertz CT molecular complexity index is 1470. The largest absolute Gasteiger partial charge is 0.387 e. The van der Waals surface area contributed by atoms with E-state index in [0.717, 1.165) is 5.56 Å². The number of aliphatic hydroxyl groups excluding tert-OH is 2. The van der Waals surface area contributed by atoms with Crippen molar-refractivity contribution in [3.8, 4) is 6.07 Å². The lowest BCUT2D eigenvalue weighted by Gasteiger charge is -2.25. The van der Waals surface area contributed by atoms with Gasteiger partial charge < -0.3 is 39.5 Å². The Morgan fingerprint density at radius 2 is 1.84 bits per heavy atom. The number of nitriles is 1. The third kappa shape index (κ3) is 6.22. The van der Waals surface area contributed by atoms with Crippen LogP contribution in [0.15, 0.2) is 48.5 Å². The summed E-state index contributed by atoms with van der Waals surface area (Å²) < 4.78 is 33.4. The Hall–Kier alpha value is -2.46. The van der Waals surface area contributed by atoms with Crippen molar-refractivity contribution < 1.29 is 43.3 Å². The molecule has 5 atom stereocenters. The number of anilines is 1. The van der Waals surface area contributed by atoms with Gasteiger partial charge in [-0.1, -0.05) is 36.4 Å². The Labute approximate surface area is 221 Å². The molecule has 1 aliphatic heterocycles. The molecule has 2 aromatic carbocycles. The van der Waals surface area contributed by atoms with E-state index in [1.54, 1.807) is 6.07 Å². The molecule has 1 fully saturated rings. The highest BCUT2D eigenvalue weighted by molar-refractivity contribution is 7.70. The molecule has 0 amide bonds. The zero-order valence-corrected chi connectivity index (χ0v) is 22.0. The number of halogens is 1. The van der Waals surface area contributed by atoms with Crippen LogP contribution in [-0.2, 0) is 30.5 Å². The van der Waals surface area contributed by atoms with Crippen LogP contribution >= 0.6 is 26.8 Å². The minimum atomic E-state index is -4.88. The number of nitrogens with zero attached hydrogens (tertiary/aromatic N) is 3. The minimum Gasteiger partial charge on any atom is -0.387 e. The van der Waals surface area contributed by atoms with Crippen LogP contribution in [0.2, 0.25) is 5.28 Å². The Balaban J connectivity index is 1.60. The summed E-state index contributed by atoms with van der Waals surface area (Å²) in [4.78, 5) is 36.0. The molecule has 0 aliphatic carbocycles. The molecule has 1 saturated heterocycles. The smallest absolute Gasteiger partial charge is 0.340 e. The maximum atomic E-state index is 12.0. The predicted octanol–water partition coefficient (Wildman–Crippen LogP) is 2.07. The molecule has 0 spiro atoms. The van der Waals surface area contributed by atoms with Gasteiger partial charge in [0.05, 0.1) is 12.1 Å². The molecule has 0 bridgehead atoms. The summed E-state index contributed by atoms with van der Waals surface area (Å²) in [6.07, 6.45) is -5.03. The van der Waals surface area contributed by atoms with Crippen molar-refractivity contribution in [3.63, 3.8) is 0 Å². The zero-order chi connectivity index (χ0) is 27.7. The standard InChI is InChI=1S/C22H23ClN4O9P2/c23-21-26-16-8-14(6-7-15(16)20(27-21)25-9-13-4-2-1-3-5-13)22(11-24)19(29)18(28)17(36-22)10-35-38(33,34)12-37(30,31)32/h1-8,17-19,28-29H,9-10,12H2,(H,33,34)(H,25,26,27)(H2,30,31,32)/t17-,18-,19-,22+/m1/s1. The van der Waals surface area contributed by atoms with E-state index in [4.69, 9.17) is 30.6 Å².